The number of aliphatic hydroxyl groups excluding tert-OH is 1. The Hall–Kier alpha value is -3.54. The Morgan fingerprint density at radius 3 is 2.58 bits per heavy atom. The van der Waals surface area contributed by atoms with Gasteiger partial charge in [-0.3, -0.25) is 4.79 Å². The molecule has 2 amide bonds. The zero-order valence-electron chi connectivity index (χ0n) is 20.9. The fraction of sp³-hybridized carbons (Fsp3) is 0.385. The van der Waals surface area contributed by atoms with Gasteiger partial charge in [0.15, 0.2) is 5.82 Å². The van der Waals surface area contributed by atoms with Crippen LogP contribution in [0.4, 0.5) is 15.1 Å². The summed E-state index contributed by atoms with van der Waals surface area (Å²) in [5.41, 5.74) is 1.11. The van der Waals surface area contributed by atoms with Crippen molar-refractivity contribution in [1.29, 1.82) is 0 Å². The number of hydrogen-bond donors (Lipinski definition) is 2. The van der Waals surface area contributed by atoms with Crippen molar-refractivity contribution in [2.75, 3.05) is 44.7 Å². The molecule has 200 valence electrons. The van der Waals surface area contributed by atoms with Crippen LogP contribution in [0, 0.1) is 5.82 Å². The maximum absolute atomic E-state index is 13.5. The first-order valence-corrected chi connectivity index (χ1v) is 12.8. The molecule has 2 N–H and O–H groups in total. The van der Waals surface area contributed by atoms with Crippen LogP contribution < -0.4 is 10.2 Å². The molecule has 2 saturated heterocycles. The van der Waals surface area contributed by atoms with Gasteiger partial charge in [-0.05, 0) is 36.2 Å². The summed E-state index contributed by atoms with van der Waals surface area (Å²) in [6.07, 6.45) is 0.0752. The van der Waals surface area contributed by atoms with Crippen molar-refractivity contribution in [2.45, 2.75) is 25.1 Å². The number of benzene rings is 2. The summed E-state index contributed by atoms with van der Waals surface area (Å²) in [5.74, 6) is -0.112. The number of piperazine rings is 1. The van der Waals surface area contributed by atoms with Gasteiger partial charge >= 0.3 is 6.03 Å². The zero-order valence-corrected chi connectivity index (χ0v) is 21.7. The Labute approximate surface area is 224 Å². The van der Waals surface area contributed by atoms with Crippen molar-refractivity contribution in [3.05, 3.63) is 76.3 Å². The van der Waals surface area contributed by atoms with Gasteiger partial charge in [0.05, 0.1) is 22.7 Å². The van der Waals surface area contributed by atoms with E-state index in [2.05, 4.69) is 10.4 Å². The van der Waals surface area contributed by atoms with Crippen molar-refractivity contribution in [3.63, 3.8) is 0 Å². The number of anilines is 1. The summed E-state index contributed by atoms with van der Waals surface area (Å²) in [4.78, 5) is 36.4. The molecule has 2 atom stereocenters. The van der Waals surface area contributed by atoms with Crippen LogP contribution in [0.5, 0.6) is 0 Å². The molecule has 2 aliphatic heterocycles. The lowest BCUT2D eigenvalue weighted by Gasteiger charge is -2.34. The molecule has 0 spiro atoms. The van der Waals surface area contributed by atoms with Crippen LogP contribution in [0.3, 0.4) is 0 Å². The third-order valence-corrected chi connectivity index (χ3v) is 7.10. The van der Waals surface area contributed by atoms with Crippen LogP contribution in [-0.4, -0.2) is 87.5 Å². The monoisotopic (exact) mass is 541 g/mol. The maximum Gasteiger partial charge on any atom is 0.320 e. The van der Waals surface area contributed by atoms with Crippen LogP contribution in [0.25, 0.3) is 0 Å². The van der Waals surface area contributed by atoms with E-state index in [0.717, 1.165) is 5.56 Å². The molecule has 5 rings (SSSR count). The summed E-state index contributed by atoms with van der Waals surface area (Å²) in [5, 5.41) is 18.0. The van der Waals surface area contributed by atoms with E-state index < -0.39 is 18.1 Å². The molecule has 1 aromatic heterocycles. The normalized spacial score (nSPS) is 19.6. The molecule has 0 bridgehead atoms. The van der Waals surface area contributed by atoms with Crippen LogP contribution in [0.15, 0.2) is 48.5 Å². The lowest BCUT2D eigenvalue weighted by atomic mass is 10.2. The van der Waals surface area contributed by atoms with Crippen LogP contribution in [0.1, 0.15) is 34.2 Å². The highest BCUT2D eigenvalue weighted by molar-refractivity contribution is 6.33. The van der Waals surface area contributed by atoms with E-state index in [-0.39, 0.29) is 17.4 Å². The number of likely N-dealkylation sites (tertiary alicyclic amines) is 1. The van der Waals surface area contributed by atoms with Gasteiger partial charge in [-0.2, -0.15) is 9.67 Å². The predicted molar refractivity (Wildman–Crippen MR) is 140 cm³/mol. The van der Waals surface area contributed by atoms with Gasteiger partial charge in [-0.1, -0.05) is 35.9 Å². The van der Waals surface area contributed by atoms with Gasteiger partial charge in [0.2, 0.25) is 5.95 Å². The molecular formula is C26H29ClFN7O3. The number of amides is 2. The third-order valence-electron chi connectivity index (χ3n) is 6.77. The number of β-amino-alcohol motifs (C(OH)–C–C–N with tert-alkyl or cyclic N) is 1. The molecule has 12 heteroatoms. The molecule has 2 aliphatic rings. The van der Waals surface area contributed by atoms with Crippen molar-refractivity contribution in [2.24, 2.45) is 0 Å². The quantitative estimate of drug-likeness (QED) is 0.511. The molecule has 38 heavy (non-hydrogen) atoms. The van der Waals surface area contributed by atoms with Gasteiger partial charge in [-0.25, -0.2) is 9.18 Å². The van der Waals surface area contributed by atoms with Gasteiger partial charge < -0.3 is 25.1 Å². The molecule has 3 heterocycles. The second-order valence-electron chi connectivity index (χ2n) is 9.57. The van der Waals surface area contributed by atoms with E-state index in [1.165, 1.54) is 16.8 Å². The standard InChI is InChI=1S/C26H29ClFN7O3/c1-32(14-17-6-8-18(28)9-7-17)25-30-23(31-35(25)24(37)20-4-2-3-5-21(20)27)22-16-34(13-11-29-22)26(38)33-12-10-19(36)15-33/h2-9,19,22,29,36H,10-16H2,1H3. The zero-order chi connectivity index (χ0) is 26.8. The number of urea groups is 1. The second kappa shape index (κ2) is 11.1. The van der Waals surface area contributed by atoms with Gasteiger partial charge in [0, 0.05) is 46.3 Å². The Kier molecular flexibility index (Phi) is 7.59. The Bertz CT molecular complexity index is 1320. The molecule has 10 nitrogen and oxygen atoms in total. The minimum atomic E-state index is -0.495. The topological polar surface area (TPSA) is 107 Å². The highest BCUT2D eigenvalue weighted by Gasteiger charge is 2.34. The summed E-state index contributed by atoms with van der Waals surface area (Å²) in [6, 6.07) is 12.3. The molecule has 0 radical (unpaired) electrons. The van der Waals surface area contributed by atoms with Gasteiger partial charge in [0.25, 0.3) is 5.91 Å². The minimum Gasteiger partial charge on any atom is -0.391 e. The van der Waals surface area contributed by atoms with E-state index >= 15 is 0 Å². The van der Waals surface area contributed by atoms with E-state index in [0.29, 0.717) is 62.5 Å². The summed E-state index contributed by atoms with van der Waals surface area (Å²) in [6.45, 7) is 2.56. The molecule has 2 unspecified atom stereocenters. The Balaban J connectivity index is 1.43. The Morgan fingerprint density at radius 1 is 1.13 bits per heavy atom. The van der Waals surface area contributed by atoms with Crippen molar-refractivity contribution in [3.8, 4) is 0 Å². The Morgan fingerprint density at radius 2 is 1.87 bits per heavy atom. The number of carbonyl (C=O) groups excluding carboxylic acids is 2. The van der Waals surface area contributed by atoms with Crippen molar-refractivity contribution < 1.29 is 19.1 Å². The molecular weight excluding hydrogens is 513 g/mol. The second-order valence-corrected chi connectivity index (χ2v) is 9.98. The highest BCUT2D eigenvalue weighted by Crippen LogP contribution is 2.24. The van der Waals surface area contributed by atoms with E-state index in [4.69, 9.17) is 16.6 Å². The number of nitrogens with one attached hydrogen (secondary N) is 1. The first-order valence-electron chi connectivity index (χ1n) is 12.5. The maximum atomic E-state index is 13.5. The van der Waals surface area contributed by atoms with Crippen molar-refractivity contribution >= 4 is 29.5 Å². The van der Waals surface area contributed by atoms with Crippen LogP contribution in [0.2, 0.25) is 5.02 Å². The average molecular weight is 542 g/mol. The average Bonchev–Trinajstić information content (AvgIpc) is 3.57. The van der Waals surface area contributed by atoms with E-state index in [1.54, 1.807) is 58.1 Å². The van der Waals surface area contributed by atoms with E-state index in [9.17, 15) is 19.1 Å². The van der Waals surface area contributed by atoms with Gasteiger partial charge in [-0.15, -0.1) is 5.10 Å². The number of carbonyl (C=O) groups is 2. The number of rotatable bonds is 5. The molecule has 2 fully saturated rings. The number of halogens is 2. The molecule has 3 aromatic rings. The molecule has 2 aromatic carbocycles. The third kappa shape index (κ3) is 5.50. The van der Waals surface area contributed by atoms with E-state index in [1.807, 2.05) is 0 Å². The SMILES string of the molecule is CN(Cc1ccc(F)cc1)c1nc(C2CN(C(=O)N3CCC(O)C3)CCN2)nn1C(=O)c1ccccc1Cl. The predicted octanol–water partition coefficient (Wildman–Crippen LogP) is 2.53. The number of aromatic nitrogens is 3. The summed E-state index contributed by atoms with van der Waals surface area (Å²) >= 11 is 6.32. The minimum absolute atomic E-state index is 0.131. The van der Waals surface area contributed by atoms with Crippen LogP contribution in [-0.2, 0) is 6.54 Å². The molecule has 0 aliphatic carbocycles. The smallest absolute Gasteiger partial charge is 0.320 e. The largest absolute Gasteiger partial charge is 0.391 e. The lowest BCUT2D eigenvalue weighted by molar-refractivity contribution is 0.0944. The van der Waals surface area contributed by atoms with Gasteiger partial charge in [0.1, 0.15) is 5.82 Å². The highest BCUT2D eigenvalue weighted by atomic mass is 35.5. The van der Waals surface area contributed by atoms with Crippen LogP contribution >= 0.6 is 11.6 Å². The first kappa shape index (κ1) is 26.1. The summed E-state index contributed by atoms with van der Waals surface area (Å²) in [7, 11) is 1.77. The fourth-order valence-electron chi connectivity index (χ4n) is 4.75. The van der Waals surface area contributed by atoms with Crippen molar-refractivity contribution in [1.82, 2.24) is 29.9 Å². The summed E-state index contributed by atoms with van der Waals surface area (Å²) < 4.78 is 14.6. The molecule has 0 saturated carbocycles. The fourth-order valence-corrected chi connectivity index (χ4v) is 4.96. The first-order chi connectivity index (χ1) is 18.3. The number of hydrogen-bond acceptors (Lipinski definition) is 7. The lowest BCUT2D eigenvalue weighted by Crippen LogP contribution is -2.52. The number of aliphatic hydroxyl groups is 1. The number of nitrogens with zero attached hydrogens (tertiary/aromatic N) is 6.